The molecule has 0 bridgehead atoms. The Kier molecular flexibility index (Phi) is 4.76. The number of aryl methyl sites for hydroxylation is 1. The van der Waals surface area contributed by atoms with Crippen LogP contribution in [0.15, 0.2) is 24.3 Å². The standard InChI is InChI=1S/C15H22N2O/c1-12-4-2-5-13(10-12)7-9-17-15(18)11-14-6-3-8-16-14/h2,4-5,10,14,16H,3,6-9,11H2,1H3,(H,17,18). The molecule has 1 aromatic rings. The van der Waals surface area contributed by atoms with E-state index in [0.29, 0.717) is 12.5 Å². The Labute approximate surface area is 109 Å². The molecule has 2 N–H and O–H groups in total. The van der Waals surface area contributed by atoms with Gasteiger partial charge in [-0.25, -0.2) is 0 Å². The number of rotatable bonds is 5. The number of hydrogen-bond acceptors (Lipinski definition) is 2. The lowest BCUT2D eigenvalue weighted by Gasteiger charge is -2.10. The maximum Gasteiger partial charge on any atom is 0.221 e. The van der Waals surface area contributed by atoms with Crippen LogP contribution < -0.4 is 10.6 Å². The van der Waals surface area contributed by atoms with Crippen LogP contribution in [0.1, 0.15) is 30.4 Å². The zero-order chi connectivity index (χ0) is 12.8. The molecule has 1 atom stereocenters. The minimum absolute atomic E-state index is 0.169. The molecule has 0 spiro atoms. The van der Waals surface area contributed by atoms with Gasteiger partial charge in [0, 0.05) is 19.0 Å². The lowest BCUT2D eigenvalue weighted by Crippen LogP contribution is -2.32. The van der Waals surface area contributed by atoms with Crippen LogP contribution in [-0.4, -0.2) is 25.0 Å². The summed E-state index contributed by atoms with van der Waals surface area (Å²) in [7, 11) is 0. The topological polar surface area (TPSA) is 41.1 Å². The van der Waals surface area contributed by atoms with Crippen LogP contribution in [0.3, 0.4) is 0 Å². The van der Waals surface area contributed by atoms with Crippen molar-refractivity contribution in [1.82, 2.24) is 10.6 Å². The summed E-state index contributed by atoms with van der Waals surface area (Å²) in [5.41, 5.74) is 2.56. The van der Waals surface area contributed by atoms with Crippen LogP contribution in [0.5, 0.6) is 0 Å². The molecule has 1 saturated heterocycles. The normalized spacial score (nSPS) is 18.8. The highest BCUT2D eigenvalue weighted by Gasteiger charge is 2.16. The van der Waals surface area contributed by atoms with Gasteiger partial charge in [-0.3, -0.25) is 4.79 Å². The third-order valence-corrected chi connectivity index (χ3v) is 3.41. The predicted molar refractivity (Wildman–Crippen MR) is 73.5 cm³/mol. The van der Waals surface area contributed by atoms with Crippen molar-refractivity contribution in [3.8, 4) is 0 Å². The molecule has 0 aliphatic carbocycles. The fraction of sp³-hybridized carbons (Fsp3) is 0.533. The highest BCUT2D eigenvalue weighted by Crippen LogP contribution is 2.08. The molecule has 2 rings (SSSR count). The molecular weight excluding hydrogens is 224 g/mol. The first-order chi connectivity index (χ1) is 8.74. The minimum Gasteiger partial charge on any atom is -0.356 e. The van der Waals surface area contributed by atoms with Gasteiger partial charge < -0.3 is 10.6 Å². The van der Waals surface area contributed by atoms with E-state index in [2.05, 4.69) is 41.8 Å². The monoisotopic (exact) mass is 246 g/mol. The Morgan fingerprint density at radius 3 is 3.11 bits per heavy atom. The number of benzene rings is 1. The number of amides is 1. The fourth-order valence-corrected chi connectivity index (χ4v) is 2.44. The Hall–Kier alpha value is -1.35. The van der Waals surface area contributed by atoms with Gasteiger partial charge in [0.1, 0.15) is 0 Å². The van der Waals surface area contributed by atoms with Crippen molar-refractivity contribution < 1.29 is 4.79 Å². The molecule has 1 amide bonds. The van der Waals surface area contributed by atoms with E-state index in [0.717, 1.165) is 25.9 Å². The van der Waals surface area contributed by atoms with Gasteiger partial charge in [0.05, 0.1) is 0 Å². The molecule has 3 nitrogen and oxygen atoms in total. The van der Waals surface area contributed by atoms with Crippen molar-refractivity contribution >= 4 is 5.91 Å². The molecule has 0 aromatic heterocycles. The number of carbonyl (C=O) groups excluding carboxylic acids is 1. The van der Waals surface area contributed by atoms with Crippen molar-refractivity contribution in [2.75, 3.05) is 13.1 Å². The molecule has 1 fully saturated rings. The van der Waals surface area contributed by atoms with E-state index in [4.69, 9.17) is 0 Å². The maximum absolute atomic E-state index is 11.7. The molecule has 0 saturated carbocycles. The van der Waals surface area contributed by atoms with Gasteiger partial charge in [0.2, 0.25) is 5.91 Å². The van der Waals surface area contributed by atoms with Crippen molar-refractivity contribution in [2.24, 2.45) is 0 Å². The van der Waals surface area contributed by atoms with E-state index < -0.39 is 0 Å². The molecule has 1 aliphatic rings. The molecule has 1 aliphatic heterocycles. The lowest BCUT2D eigenvalue weighted by molar-refractivity contribution is -0.121. The summed E-state index contributed by atoms with van der Waals surface area (Å²) >= 11 is 0. The van der Waals surface area contributed by atoms with Crippen LogP contribution in [0.25, 0.3) is 0 Å². The van der Waals surface area contributed by atoms with E-state index >= 15 is 0 Å². The van der Waals surface area contributed by atoms with Crippen LogP contribution in [0.2, 0.25) is 0 Å². The van der Waals surface area contributed by atoms with E-state index in [1.807, 2.05) is 0 Å². The third-order valence-electron chi connectivity index (χ3n) is 3.41. The largest absolute Gasteiger partial charge is 0.356 e. The SMILES string of the molecule is Cc1cccc(CCNC(=O)CC2CCCN2)c1. The summed E-state index contributed by atoms with van der Waals surface area (Å²) in [4.78, 5) is 11.7. The number of carbonyl (C=O) groups is 1. The minimum atomic E-state index is 0.169. The van der Waals surface area contributed by atoms with Crippen LogP contribution in [-0.2, 0) is 11.2 Å². The Balaban J connectivity index is 1.66. The lowest BCUT2D eigenvalue weighted by atomic mass is 10.1. The van der Waals surface area contributed by atoms with Crippen molar-refractivity contribution in [1.29, 1.82) is 0 Å². The second-order valence-electron chi connectivity index (χ2n) is 5.09. The molecular formula is C15H22N2O. The van der Waals surface area contributed by atoms with Gasteiger partial charge in [-0.05, 0) is 38.3 Å². The molecule has 0 radical (unpaired) electrons. The van der Waals surface area contributed by atoms with Crippen molar-refractivity contribution in [3.05, 3.63) is 35.4 Å². The molecule has 98 valence electrons. The van der Waals surface area contributed by atoms with Gasteiger partial charge >= 0.3 is 0 Å². The van der Waals surface area contributed by atoms with Gasteiger partial charge in [0.15, 0.2) is 0 Å². The van der Waals surface area contributed by atoms with Crippen molar-refractivity contribution in [2.45, 2.75) is 38.6 Å². The summed E-state index contributed by atoms with van der Waals surface area (Å²) in [6, 6.07) is 8.83. The first kappa shape index (κ1) is 13.1. The summed E-state index contributed by atoms with van der Waals surface area (Å²) in [5, 5.41) is 6.34. The summed E-state index contributed by atoms with van der Waals surface area (Å²) < 4.78 is 0. The van der Waals surface area contributed by atoms with Gasteiger partial charge in [0.25, 0.3) is 0 Å². The van der Waals surface area contributed by atoms with Gasteiger partial charge in [-0.1, -0.05) is 29.8 Å². The average molecular weight is 246 g/mol. The number of hydrogen-bond donors (Lipinski definition) is 2. The second-order valence-corrected chi connectivity index (χ2v) is 5.09. The molecule has 1 unspecified atom stereocenters. The Morgan fingerprint density at radius 2 is 2.39 bits per heavy atom. The first-order valence-electron chi connectivity index (χ1n) is 6.79. The van der Waals surface area contributed by atoms with Gasteiger partial charge in [-0.2, -0.15) is 0 Å². The van der Waals surface area contributed by atoms with Gasteiger partial charge in [-0.15, -0.1) is 0 Å². The Morgan fingerprint density at radius 1 is 1.50 bits per heavy atom. The molecule has 3 heteroatoms. The third kappa shape index (κ3) is 4.15. The van der Waals surface area contributed by atoms with E-state index in [-0.39, 0.29) is 5.91 Å². The summed E-state index contributed by atoms with van der Waals surface area (Å²) in [6.07, 6.45) is 3.85. The first-order valence-corrected chi connectivity index (χ1v) is 6.79. The number of nitrogens with one attached hydrogen (secondary N) is 2. The molecule has 1 aromatic carbocycles. The smallest absolute Gasteiger partial charge is 0.221 e. The highest BCUT2D eigenvalue weighted by molar-refractivity contribution is 5.76. The molecule has 18 heavy (non-hydrogen) atoms. The van der Waals surface area contributed by atoms with E-state index in [1.54, 1.807) is 0 Å². The molecule has 1 heterocycles. The second kappa shape index (κ2) is 6.55. The fourth-order valence-electron chi connectivity index (χ4n) is 2.44. The van der Waals surface area contributed by atoms with Crippen LogP contribution in [0, 0.1) is 6.92 Å². The Bertz CT molecular complexity index is 397. The zero-order valence-corrected chi connectivity index (χ0v) is 11.0. The predicted octanol–water partition coefficient (Wildman–Crippen LogP) is 1.80. The van der Waals surface area contributed by atoms with E-state index in [1.165, 1.54) is 17.5 Å². The van der Waals surface area contributed by atoms with Crippen molar-refractivity contribution in [3.63, 3.8) is 0 Å². The average Bonchev–Trinajstić information content (AvgIpc) is 2.82. The zero-order valence-electron chi connectivity index (χ0n) is 11.0. The summed E-state index contributed by atoms with van der Waals surface area (Å²) in [6.45, 7) is 3.88. The highest BCUT2D eigenvalue weighted by atomic mass is 16.1. The van der Waals surface area contributed by atoms with E-state index in [9.17, 15) is 4.79 Å². The summed E-state index contributed by atoms with van der Waals surface area (Å²) in [5.74, 6) is 0.169. The van der Waals surface area contributed by atoms with Crippen LogP contribution >= 0.6 is 0 Å². The maximum atomic E-state index is 11.7. The van der Waals surface area contributed by atoms with Crippen LogP contribution in [0.4, 0.5) is 0 Å². The quantitative estimate of drug-likeness (QED) is 0.831.